The molecule has 2 aromatic rings. The Kier molecular flexibility index (Phi) is 7.91. The van der Waals surface area contributed by atoms with Crippen LogP contribution in [0.5, 0.6) is 11.5 Å². The lowest BCUT2D eigenvalue weighted by Gasteiger charge is -2.21. The van der Waals surface area contributed by atoms with Crippen LogP contribution in [0.2, 0.25) is 5.02 Å². The summed E-state index contributed by atoms with van der Waals surface area (Å²) in [4.78, 5) is 25.5. The highest BCUT2D eigenvalue weighted by Gasteiger charge is 2.23. The van der Waals surface area contributed by atoms with E-state index in [1.165, 1.54) is 7.11 Å². The van der Waals surface area contributed by atoms with Gasteiger partial charge in [0.25, 0.3) is 5.91 Å². The van der Waals surface area contributed by atoms with Crippen molar-refractivity contribution in [2.24, 2.45) is 5.92 Å². The van der Waals surface area contributed by atoms with Crippen molar-refractivity contribution >= 4 is 29.1 Å². The fourth-order valence-electron chi connectivity index (χ4n) is 2.88. The number of aryl methyl sites for hydroxylation is 1. The molecule has 156 valence electrons. The van der Waals surface area contributed by atoms with Crippen molar-refractivity contribution in [3.05, 3.63) is 52.5 Å². The summed E-state index contributed by atoms with van der Waals surface area (Å²) in [7, 11) is 3.09. The van der Waals surface area contributed by atoms with E-state index in [1.807, 2.05) is 20.8 Å². The monoisotopic (exact) mass is 418 g/mol. The van der Waals surface area contributed by atoms with Gasteiger partial charge in [-0.2, -0.15) is 0 Å². The predicted molar refractivity (Wildman–Crippen MR) is 115 cm³/mol. The number of benzene rings is 2. The number of ether oxygens (including phenoxy) is 2. The molecule has 2 aromatic carbocycles. The third-order valence-electron chi connectivity index (χ3n) is 4.42. The van der Waals surface area contributed by atoms with Crippen molar-refractivity contribution in [3.8, 4) is 11.5 Å². The van der Waals surface area contributed by atoms with E-state index in [-0.39, 0.29) is 17.7 Å². The maximum absolute atomic E-state index is 13.0. The normalized spacial score (nSPS) is 11.7. The van der Waals surface area contributed by atoms with Crippen LogP contribution in [0, 0.1) is 12.8 Å². The zero-order valence-electron chi connectivity index (χ0n) is 17.3. The highest BCUT2D eigenvalue weighted by Crippen LogP contribution is 2.33. The molecule has 2 amide bonds. The standard InChI is InChI=1S/C22H27ClN2O4/c1-13(2)10-18(25-21(26)15-6-8-16(23)9-7-15)22(27)24-17-12-20(29-5)19(28-4)11-14(17)3/h6-9,11-13,18H,10H2,1-5H3,(H,24,27)(H,25,26). The number of nitrogens with one attached hydrogen (secondary N) is 2. The molecule has 7 heteroatoms. The topological polar surface area (TPSA) is 76.7 Å². The first-order valence-corrected chi connectivity index (χ1v) is 9.72. The number of halogens is 1. The Hall–Kier alpha value is -2.73. The molecule has 0 bridgehead atoms. The van der Waals surface area contributed by atoms with Gasteiger partial charge in [0.15, 0.2) is 11.5 Å². The molecule has 2 N–H and O–H groups in total. The van der Waals surface area contributed by atoms with E-state index in [2.05, 4.69) is 10.6 Å². The first-order valence-electron chi connectivity index (χ1n) is 9.35. The van der Waals surface area contributed by atoms with Gasteiger partial charge in [0.2, 0.25) is 5.91 Å². The van der Waals surface area contributed by atoms with Crippen molar-refractivity contribution in [2.45, 2.75) is 33.2 Å². The van der Waals surface area contributed by atoms with Crippen LogP contribution in [0.25, 0.3) is 0 Å². The summed E-state index contributed by atoms with van der Waals surface area (Å²) < 4.78 is 10.6. The summed E-state index contributed by atoms with van der Waals surface area (Å²) in [5.74, 6) is 0.683. The summed E-state index contributed by atoms with van der Waals surface area (Å²) in [6.45, 7) is 5.86. The highest BCUT2D eigenvalue weighted by molar-refractivity contribution is 6.30. The van der Waals surface area contributed by atoms with Gasteiger partial charge < -0.3 is 20.1 Å². The molecular weight excluding hydrogens is 392 g/mol. The van der Waals surface area contributed by atoms with Crippen LogP contribution in [-0.4, -0.2) is 32.1 Å². The van der Waals surface area contributed by atoms with Gasteiger partial charge in [-0.3, -0.25) is 9.59 Å². The summed E-state index contributed by atoms with van der Waals surface area (Å²) in [5.41, 5.74) is 1.86. The molecular formula is C22H27ClN2O4. The molecule has 0 saturated carbocycles. The fraction of sp³-hybridized carbons (Fsp3) is 0.364. The lowest BCUT2D eigenvalue weighted by molar-refractivity contribution is -0.118. The van der Waals surface area contributed by atoms with Crippen LogP contribution in [0.3, 0.4) is 0 Å². The number of hydrogen-bond acceptors (Lipinski definition) is 4. The maximum atomic E-state index is 13.0. The number of methoxy groups -OCH3 is 2. The maximum Gasteiger partial charge on any atom is 0.251 e. The third kappa shape index (κ3) is 6.12. The molecule has 0 aliphatic rings. The number of carbonyl (C=O) groups excluding carboxylic acids is 2. The number of hydrogen-bond donors (Lipinski definition) is 2. The van der Waals surface area contributed by atoms with Gasteiger partial charge in [-0.25, -0.2) is 0 Å². The van der Waals surface area contributed by atoms with Gasteiger partial charge >= 0.3 is 0 Å². The summed E-state index contributed by atoms with van der Waals surface area (Å²) in [6.07, 6.45) is 0.498. The van der Waals surface area contributed by atoms with E-state index in [9.17, 15) is 9.59 Å². The minimum atomic E-state index is -0.689. The Balaban J connectivity index is 2.20. The van der Waals surface area contributed by atoms with E-state index >= 15 is 0 Å². The molecule has 0 spiro atoms. The third-order valence-corrected chi connectivity index (χ3v) is 4.68. The Labute approximate surface area is 176 Å². The summed E-state index contributed by atoms with van der Waals surface area (Å²) >= 11 is 5.88. The SMILES string of the molecule is COc1cc(C)c(NC(=O)C(CC(C)C)NC(=O)c2ccc(Cl)cc2)cc1OC. The molecule has 1 atom stereocenters. The molecule has 0 radical (unpaired) electrons. The molecule has 6 nitrogen and oxygen atoms in total. The van der Waals surface area contributed by atoms with Gasteiger partial charge in [0.05, 0.1) is 14.2 Å². The Morgan fingerprint density at radius 3 is 2.17 bits per heavy atom. The average molecular weight is 419 g/mol. The second-order valence-electron chi connectivity index (χ2n) is 7.17. The van der Waals surface area contributed by atoms with E-state index in [0.717, 1.165) is 5.56 Å². The van der Waals surface area contributed by atoms with Crippen molar-refractivity contribution < 1.29 is 19.1 Å². The first-order chi connectivity index (χ1) is 13.7. The smallest absolute Gasteiger partial charge is 0.251 e. The van der Waals surface area contributed by atoms with E-state index in [4.69, 9.17) is 21.1 Å². The minimum Gasteiger partial charge on any atom is -0.493 e. The largest absolute Gasteiger partial charge is 0.493 e. The summed E-state index contributed by atoms with van der Waals surface area (Å²) in [6, 6.07) is 9.34. The van der Waals surface area contributed by atoms with Crippen molar-refractivity contribution in [1.82, 2.24) is 5.32 Å². The zero-order chi connectivity index (χ0) is 21.6. The van der Waals surface area contributed by atoms with E-state index < -0.39 is 6.04 Å². The van der Waals surface area contributed by atoms with Gasteiger partial charge in [-0.15, -0.1) is 0 Å². The van der Waals surface area contributed by atoms with Gasteiger partial charge in [-0.05, 0) is 55.2 Å². The Bertz CT molecular complexity index is 866. The molecule has 0 saturated heterocycles. The lowest BCUT2D eigenvalue weighted by Crippen LogP contribution is -2.44. The predicted octanol–water partition coefficient (Wildman–Crippen LogP) is 4.45. The van der Waals surface area contributed by atoms with E-state index in [0.29, 0.717) is 34.2 Å². The van der Waals surface area contributed by atoms with Crippen LogP contribution >= 0.6 is 11.6 Å². The molecule has 1 unspecified atom stereocenters. The zero-order valence-corrected chi connectivity index (χ0v) is 18.1. The minimum absolute atomic E-state index is 0.211. The quantitative estimate of drug-likeness (QED) is 0.664. The van der Waals surface area contributed by atoms with Crippen molar-refractivity contribution in [3.63, 3.8) is 0 Å². The molecule has 0 aromatic heterocycles. The van der Waals surface area contributed by atoms with Crippen LogP contribution in [-0.2, 0) is 4.79 Å². The average Bonchev–Trinajstić information content (AvgIpc) is 2.68. The number of anilines is 1. The second kappa shape index (κ2) is 10.2. The van der Waals surface area contributed by atoms with Gasteiger partial charge in [0.1, 0.15) is 6.04 Å². The number of rotatable bonds is 8. The molecule has 0 aliphatic heterocycles. The van der Waals surface area contributed by atoms with Gasteiger partial charge in [0, 0.05) is 22.3 Å². The highest BCUT2D eigenvalue weighted by atomic mass is 35.5. The lowest BCUT2D eigenvalue weighted by atomic mass is 10.0. The number of carbonyl (C=O) groups is 2. The Morgan fingerprint density at radius 1 is 1.03 bits per heavy atom. The van der Waals surface area contributed by atoms with Crippen molar-refractivity contribution in [1.29, 1.82) is 0 Å². The van der Waals surface area contributed by atoms with Crippen molar-refractivity contribution in [2.75, 3.05) is 19.5 Å². The molecule has 29 heavy (non-hydrogen) atoms. The Morgan fingerprint density at radius 2 is 1.62 bits per heavy atom. The number of amides is 2. The van der Waals surface area contributed by atoms with Crippen LogP contribution in [0.4, 0.5) is 5.69 Å². The van der Waals surface area contributed by atoms with Crippen LogP contribution in [0.15, 0.2) is 36.4 Å². The summed E-state index contributed by atoms with van der Waals surface area (Å²) in [5, 5.41) is 6.27. The van der Waals surface area contributed by atoms with Gasteiger partial charge in [-0.1, -0.05) is 25.4 Å². The first kappa shape index (κ1) is 22.6. The van der Waals surface area contributed by atoms with Crippen LogP contribution < -0.4 is 20.1 Å². The van der Waals surface area contributed by atoms with Crippen LogP contribution in [0.1, 0.15) is 36.2 Å². The molecule has 2 rings (SSSR count). The van der Waals surface area contributed by atoms with E-state index in [1.54, 1.807) is 43.5 Å². The second-order valence-corrected chi connectivity index (χ2v) is 7.61. The molecule has 0 aliphatic carbocycles. The molecule has 0 heterocycles. The fourth-order valence-corrected chi connectivity index (χ4v) is 3.01. The molecule has 0 fully saturated rings.